The second-order valence-corrected chi connectivity index (χ2v) is 5.48. The lowest BCUT2D eigenvalue weighted by molar-refractivity contribution is 0.462. The fourth-order valence-electron chi connectivity index (χ4n) is 1.64. The van der Waals surface area contributed by atoms with Gasteiger partial charge in [-0.05, 0) is 27.9 Å². The number of anilines is 1. The summed E-state index contributed by atoms with van der Waals surface area (Å²) in [6.07, 6.45) is 3.34. The van der Waals surface area contributed by atoms with Crippen LogP contribution in [0.25, 0.3) is 0 Å². The largest absolute Gasteiger partial charge is 0.377 e. The Labute approximate surface area is 119 Å². The van der Waals surface area contributed by atoms with Crippen molar-refractivity contribution >= 4 is 21.6 Å². The molecule has 0 radical (unpaired) electrons. The molecule has 2 heterocycles. The molecule has 2 aromatic heterocycles. The lowest BCUT2D eigenvalue weighted by Crippen LogP contribution is -2.26. The molecule has 0 saturated heterocycles. The van der Waals surface area contributed by atoms with Gasteiger partial charge in [-0.15, -0.1) is 0 Å². The van der Waals surface area contributed by atoms with Gasteiger partial charge in [-0.25, -0.2) is 4.68 Å². The van der Waals surface area contributed by atoms with E-state index < -0.39 is 0 Å². The minimum absolute atomic E-state index is 0.122. The van der Waals surface area contributed by atoms with Crippen LogP contribution in [0.2, 0.25) is 0 Å². The van der Waals surface area contributed by atoms with Crippen LogP contribution < -0.4 is 10.9 Å². The molecule has 0 amide bonds. The zero-order chi connectivity index (χ0) is 13.8. The summed E-state index contributed by atoms with van der Waals surface area (Å²) in [5.74, 6) is 0.376. The number of aromatic nitrogens is 4. The van der Waals surface area contributed by atoms with Crippen LogP contribution >= 0.6 is 15.9 Å². The Balaban J connectivity index is 2.14. The highest BCUT2D eigenvalue weighted by Gasteiger charge is 2.09. The smallest absolute Gasteiger partial charge is 0.283 e. The fraction of sp³-hybridized carbons (Fsp3) is 0.417. The minimum Gasteiger partial charge on any atom is -0.377 e. The third-order valence-electron chi connectivity index (χ3n) is 2.55. The minimum atomic E-state index is -0.122. The number of aromatic amines is 1. The molecule has 0 aliphatic rings. The monoisotopic (exact) mass is 325 g/mol. The van der Waals surface area contributed by atoms with E-state index in [9.17, 15) is 4.79 Å². The maximum absolute atomic E-state index is 12.1. The maximum atomic E-state index is 12.1. The van der Waals surface area contributed by atoms with E-state index in [4.69, 9.17) is 0 Å². The second-order valence-electron chi connectivity index (χ2n) is 4.69. The normalized spacial score (nSPS) is 10.9. The van der Waals surface area contributed by atoms with E-state index >= 15 is 0 Å². The lowest BCUT2D eigenvalue weighted by Gasteiger charge is -2.11. The quantitative estimate of drug-likeness (QED) is 0.881. The van der Waals surface area contributed by atoms with Crippen molar-refractivity contribution in [2.45, 2.75) is 26.9 Å². The Kier molecular flexibility index (Phi) is 4.36. The number of halogens is 1. The highest BCUT2D eigenvalue weighted by atomic mass is 79.9. The van der Waals surface area contributed by atoms with Crippen molar-refractivity contribution in [2.75, 3.05) is 5.32 Å². The van der Waals surface area contributed by atoms with Gasteiger partial charge in [0.05, 0.1) is 24.1 Å². The first-order valence-corrected chi connectivity index (χ1v) is 6.85. The van der Waals surface area contributed by atoms with Crippen molar-refractivity contribution in [3.8, 4) is 0 Å². The molecule has 19 heavy (non-hydrogen) atoms. The van der Waals surface area contributed by atoms with Gasteiger partial charge in [0, 0.05) is 12.7 Å². The van der Waals surface area contributed by atoms with Gasteiger partial charge in [0.2, 0.25) is 0 Å². The summed E-state index contributed by atoms with van der Waals surface area (Å²) >= 11 is 3.32. The average Bonchev–Trinajstić information content (AvgIpc) is 2.87. The van der Waals surface area contributed by atoms with Crippen molar-refractivity contribution in [2.24, 2.45) is 5.92 Å². The number of nitrogens with one attached hydrogen (secondary N) is 2. The van der Waals surface area contributed by atoms with E-state index in [0.717, 1.165) is 5.69 Å². The van der Waals surface area contributed by atoms with Crippen LogP contribution in [0.3, 0.4) is 0 Å². The van der Waals surface area contributed by atoms with Crippen molar-refractivity contribution in [3.63, 3.8) is 0 Å². The van der Waals surface area contributed by atoms with E-state index in [1.54, 1.807) is 12.4 Å². The molecule has 6 nitrogen and oxygen atoms in total. The van der Waals surface area contributed by atoms with Crippen LogP contribution in [0, 0.1) is 5.92 Å². The molecule has 7 heteroatoms. The lowest BCUT2D eigenvalue weighted by atomic mass is 10.2. The van der Waals surface area contributed by atoms with Gasteiger partial charge in [-0.3, -0.25) is 9.89 Å². The molecule has 2 aromatic rings. The summed E-state index contributed by atoms with van der Waals surface area (Å²) in [5, 5.41) is 14.0. The molecule has 0 spiro atoms. The fourth-order valence-corrected chi connectivity index (χ4v) is 2.09. The molecule has 102 valence electrons. The molecule has 0 aromatic carbocycles. The Morgan fingerprint density at radius 3 is 2.95 bits per heavy atom. The number of hydrogen-bond acceptors (Lipinski definition) is 4. The molecule has 2 N–H and O–H groups in total. The maximum Gasteiger partial charge on any atom is 0.283 e. The van der Waals surface area contributed by atoms with Crippen LogP contribution in [0.15, 0.2) is 27.7 Å². The summed E-state index contributed by atoms with van der Waals surface area (Å²) in [6, 6.07) is 1.87. The standard InChI is InChI=1S/C12H16BrN5O/c1-8(2)7-18-12(19)11(13)10(6-16-18)14-5-9-3-4-15-17-9/h3-4,6,8,14H,5,7H2,1-2H3,(H,15,17). The summed E-state index contributed by atoms with van der Waals surface area (Å²) in [7, 11) is 0. The second kappa shape index (κ2) is 6.01. The van der Waals surface area contributed by atoms with E-state index in [1.807, 2.05) is 19.9 Å². The number of hydrogen-bond donors (Lipinski definition) is 2. The van der Waals surface area contributed by atoms with Gasteiger partial charge in [0.15, 0.2) is 0 Å². The highest BCUT2D eigenvalue weighted by Crippen LogP contribution is 2.17. The van der Waals surface area contributed by atoms with Gasteiger partial charge in [0.25, 0.3) is 5.56 Å². The first-order valence-electron chi connectivity index (χ1n) is 6.05. The molecule has 0 aliphatic carbocycles. The van der Waals surface area contributed by atoms with Crippen LogP contribution in [0.5, 0.6) is 0 Å². The van der Waals surface area contributed by atoms with Gasteiger partial charge in [0.1, 0.15) is 4.47 Å². The number of rotatable bonds is 5. The molecular weight excluding hydrogens is 310 g/mol. The topological polar surface area (TPSA) is 75.6 Å². The zero-order valence-corrected chi connectivity index (χ0v) is 12.4. The van der Waals surface area contributed by atoms with E-state index in [0.29, 0.717) is 29.2 Å². The van der Waals surface area contributed by atoms with Gasteiger partial charge in [-0.2, -0.15) is 10.2 Å². The SMILES string of the molecule is CC(C)Cn1ncc(NCc2ccn[nH]2)c(Br)c1=O. The first kappa shape index (κ1) is 13.8. The van der Waals surface area contributed by atoms with E-state index in [1.165, 1.54) is 4.68 Å². The zero-order valence-electron chi connectivity index (χ0n) is 10.9. The number of nitrogens with zero attached hydrogens (tertiary/aromatic N) is 3. The first-order chi connectivity index (χ1) is 9.08. The third-order valence-corrected chi connectivity index (χ3v) is 3.32. The van der Waals surface area contributed by atoms with Crippen LogP contribution in [0.4, 0.5) is 5.69 Å². The highest BCUT2D eigenvalue weighted by molar-refractivity contribution is 9.10. The summed E-state index contributed by atoms with van der Waals surface area (Å²) < 4.78 is 1.97. The van der Waals surface area contributed by atoms with Gasteiger partial charge < -0.3 is 5.32 Å². The number of H-pyrrole nitrogens is 1. The van der Waals surface area contributed by atoms with Crippen LogP contribution in [-0.4, -0.2) is 20.0 Å². The van der Waals surface area contributed by atoms with Gasteiger partial charge in [-0.1, -0.05) is 13.8 Å². The molecule has 0 atom stereocenters. The van der Waals surface area contributed by atoms with Crippen molar-refractivity contribution < 1.29 is 0 Å². The summed E-state index contributed by atoms with van der Waals surface area (Å²) in [5.41, 5.74) is 1.50. The molecular formula is C12H16BrN5O. The van der Waals surface area contributed by atoms with Crippen molar-refractivity contribution in [1.29, 1.82) is 0 Å². The molecule has 2 rings (SSSR count). The Morgan fingerprint density at radius 2 is 2.32 bits per heavy atom. The van der Waals surface area contributed by atoms with E-state index in [-0.39, 0.29) is 5.56 Å². The molecule has 0 bridgehead atoms. The molecule has 0 saturated carbocycles. The van der Waals surface area contributed by atoms with Crippen molar-refractivity contribution in [3.05, 3.63) is 39.0 Å². The summed E-state index contributed by atoms with van der Waals surface area (Å²) in [4.78, 5) is 12.1. The Hall–Kier alpha value is -1.63. The Morgan fingerprint density at radius 1 is 1.53 bits per heavy atom. The summed E-state index contributed by atoms with van der Waals surface area (Å²) in [6.45, 7) is 5.27. The molecule has 0 unspecified atom stereocenters. The predicted octanol–water partition coefficient (Wildman–Crippen LogP) is 2.00. The molecule has 0 fully saturated rings. The van der Waals surface area contributed by atoms with Crippen LogP contribution in [0.1, 0.15) is 19.5 Å². The average molecular weight is 326 g/mol. The van der Waals surface area contributed by atoms with E-state index in [2.05, 4.69) is 36.5 Å². The Bertz CT molecular complexity index is 591. The van der Waals surface area contributed by atoms with Crippen LogP contribution in [-0.2, 0) is 13.1 Å². The van der Waals surface area contributed by atoms with Crippen molar-refractivity contribution in [1.82, 2.24) is 20.0 Å². The third kappa shape index (κ3) is 3.44. The predicted molar refractivity (Wildman–Crippen MR) is 76.9 cm³/mol. The van der Waals surface area contributed by atoms with Gasteiger partial charge >= 0.3 is 0 Å². The molecule has 0 aliphatic heterocycles.